The molecule has 1 aromatic carbocycles. The number of aliphatic hydroxyl groups excluding tert-OH is 1. The van der Waals surface area contributed by atoms with Crippen LogP contribution in [0.25, 0.3) is 32.8 Å². The fourth-order valence-electron chi connectivity index (χ4n) is 8.77. The maximum absolute atomic E-state index is 13.7. The zero-order valence-corrected chi connectivity index (χ0v) is 24.5. The highest BCUT2D eigenvalue weighted by Crippen LogP contribution is 2.68. The second kappa shape index (κ2) is 8.36. The molecule has 4 atom stereocenters. The second-order valence-corrected chi connectivity index (χ2v) is 14.4. The van der Waals surface area contributed by atoms with E-state index in [1.165, 1.54) is 28.6 Å². The third kappa shape index (κ3) is 3.40. The summed E-state index contributed by atoms with van der Waals surface area (Å²) in [5.74, 6) is 3.90. The molecule has 0 bridgehead atoms. The topological polar surface area (TPSA) is 98.5 Å². The zero-order valence-electron chi connectivity index (χ0n) is 23.7. The van der Waals surface area contributed by atoms with Crippen LogP contribution in [0, 0.1) is 17.8 Å². The predicted molar refractivity (Wildman–Crippen MR) is 159 cm³/mol. The Bertz CT molecular complexity index is 1740. The number of nitrogens with two attached hydrogens (primary N) is 1. The van der Waals surface area contributed by atoms with Crippen molar-refractivity contribution in [1.29, 1.82) is 0 Å². The van der Waals surface area contributed by atoms with Crippen molar-refractivity contribution in [1.82, 2.24) is 19.0 Å². The van der Waals surface area contributed by atoms with Gasteiger partial charge in [-0.2, -0.15) is 0 Å². The molecule has 4 aromatic rings. The number of aryl methyl sites for hydroxylation is 1. The lowest BCUT2D eigenvalue weighted by atomic mass is 9.80. The first kappa shape index (κ1) is 24.7. The highest BCUT2D eigenvalue weighted by Gasteiger charge is 2.80. The molecule has 1 aliphatic heterocycles. The number of aliphatic hydroxyl groups is 1. The Labute approximate surface area is 243 Å². The maximum Gasteiger partial charge on any atom is 0.254 e. The van der Waals surface area contributed by atoms with E-state index >= 15 is 0 Å². The number of ether oxygens (including phenoxy) is 1. The first-order valence-corrected chi connectivity index (χ1v) is 16.2. The van der Waals surface area contributed by atoms with Gasteiger partial charge in [0.1, 0.15) is 11.3 Å². The Morgan fingerprint density at radius 1 is 1.17 bits per heavy atom. The van der Waals surface area contributed by atoms with Gasteiger partial charge in [0.15, 0.2) is 5.82 Å². The number of aromatic nitrogens is 3. The number of fused-ring (bicyclic) bond motifs is 3. The molecular formula is C32H37N5O3S. The van der Waals surface area contributed by atoms with Gasteiger partial charge >= 0.3 is 0 Å². The number of carbonyl (C=O) groups is 1. The molecule has 1 amide bonds. The van der Waals surface area contributed by atoms with Crippen LogP contribution in [-0.2, 0) is 13.6 Å². The minimum absolute atomic E-state index is 0.0433. The predicted octanol–water partition coefficient (Wildman–Crippen LogP) is 4.87. The molecule has 5 fully saturated rings. The lowest BCUT2D eigenvalue weighted by molar-refractivity contribution is 0.0672. The van der Waals surface area contributed by atoms with Crippen molar-refractivity contribution < 1.29 is 14.6 Å². The highest BCUT2D eigenvalue weighted by molar-refractivity contribution is 7.17. The van der Waals surface area contributed by atoms with Gasteiger partial charge in [0.05, 0.1) is 40.7 Å². The summed E-state index contributed by atoms with van der Waals surface area (Å²) >= 11 is 1.83. The van der Waals surface area contributed by atoms with Crippen LogP contribution in [0.1, 0.15) is 66.8 Å². The quantitative estimate of drug-likeness (QED) is 0.344. The van der Waals surface area contributed by atoms with Crippen LogP contribution in [0.3, 0.4) is 0 Å². The van der Waals surface area contributed by atoms with E-state index in [0.29, 0.717) is 35.0 Å². The Hall–Kier alpha value is -2.88. The fraction of sp³-hybridized carbons (Fsp3) is 0.562. The minimum atomic E-state index is -0.153. The van der Waals surface area contributed by atoms with Crippen molar-refractivity contribution in [2.75, 3.05) is 13.7 Å². The zero-order chi connectivity index (χ0) is 27.8. The number of hydrogen-bond acceptors (Lipinski definition) is 6. The molecule has 214 valence electrons. The van der Waals surface area contributed by atoms with Crippen molar-refractivity contribution >= 4 is 38.5 Å². The van der Waals surface area contributed by atoms with E-state index in [4.69, 9.17) is 15.5 Å². The standard InChI is InChI=1S/C32H37N5O3S/c1-35-28-22(9-18(10-24(28)40-2)31(39)37-14-19-12-32(33)26(19)29(32)37)34-30(35)23-11-25-27(36(23)13-16-3-4-16)21(15-41-25)17-5-7-20(38)8-6-17/h9-11,15-17,19-20,26,29,38H,3-8,12-14,33H2,1-2H3/t17?,19-,20?,26?,29+,32?/m1/s1. The SMILES string of the molecule is COc1cc(C(=O)N2C[C@H]3CC4(N)C3[C@H]24)cc2nc(-c3cc4scc(C5CCC(O)CC5)c4n3CC3CC3)n(C)c12. The average Bonchev–Trinajstić information content (AvgIpc) is 3.56. The number of likely N-dealkylation sites (tertiary alicyclic amines) is 1. The van der Waals surface area contributed by atoms with Gasteiger partial charge in [-0.25, -0.2) is 4.98 Å². The summed E-state index contributed by atoms with van der Waals surface area (Å²) in [6.07, 6.45) is 7.31. The molecule has 3 N–H and O–H groups in total. The van der Waals surface area contributed by atoms with E-state index in [1.807, 2.05) is 28.4 Å². The summed E-state index contributed by atoms with van der Waals surface area (Å²) in [5.41, 5.74) is 12.6. The van der Waals surface area contributed by atoms with Crippen molar-refractivity contribution in [3.8, 4) is 17.3 Å². The van der Waals surface area contributed by atoms with Crippen molar-refractivity contribution in [2.45, 2.75) is 75.1 Å². The molecule has 41 heavy (non-hydrogen) atoms. The van der Waals surface area contributed by atoms with Crippen molar-refractivity contribution in [2.24, 2.45) is 30.5 Å². The molecule has 8 nitrogen and oxygen atoms in total. The van der Waals surface area contributed by atoms with Gasteiger partial charge in [0.25, 0.3) is 5.91 Å². The maximum atomic E-state index is 13.7. The van der Waals surface area contributed by atoms with Gasteiger partial charge in [0.2, 0.25) is 0 Å². The molecule has 3 aromatic heterocycles. The largest absolute Gasteiger partial charge is 0.494 e. The Morgan fingerprint density at radius 3 is 2.68 bits per heavy atom. The lowest BCUT2D eigenvalue weighted by Gasteiger charge is -2.37. The highest BCUT2D eigenvalue weighted by atomic mass is 32.1. The number of imidazole rings is 1. The number of amides is 1. The van der Waals surface area contributed by atoms with Gasteiger partial charge in [-0.05, 0) is 91.8 Å². The van der Waals surface area contributed by atoms with E-state index in [2.05, 4.69) is 27.6 Å². The number of hydrogen-bond donors (Lipinski definition) is 2. The molecule has 0 spiro atoms. The van der Waals surface area contributed by atoms with Crippen LogP contribution in [0.15, 0.2) is 23.6 Å². The molecule has 9 heteroatoms. The van der Waals surface area contributed by atoms with E-state index in [0.717, 1.165) is 67.7 Å². The first-order valence-electron chi connectivity index (χ1n) is 15.3. The fourth-order valence-corrected chi connectivity index (χ4v) is 9.85. The van der Waals surface area contributed by atoms with Gasteiger partial charge in [-0.1, -0.05) is 0 Å². The molecule has 4 heterocycles. The molecule has 4 saturated carbocycles. The van der Waals surface area contributed by atoms with E-state index in [-0.39, 0.29) is 23.6 Å². The average molecular weight is 572 g/mol. The molecular weight excluding hydrogens is 534 g/mol. The van der Waals surface area contributed by atoms with Crippen LogP contribution in [0.2, 0.25) is 0 Å². The summed E-state index contributed by atoms with van der Waals surface area (Å²) < 4.78 is 11.8. The third-order valence-corrected chi connectivity index (χ3v) is 12.0. The summed E-state index contributed by atoms with van der Waals surface area (Å²) in [6, 6.07) is 6.34. The molecule has 2 unspecified atom stereocenters. The molecule has 4 aliphatic carbocycles. The normalized spacial score (nSPS) is 32.0. The smallest absolute Gasteiger partial charge is 0.254 e. The van der Waals surface area contributed by atoms with E-state index in [1.54, 1.807) is 7.11 Å². The second-order valence-electron chi connectivity index (χ2n) is 13.5. The number of nitrogens with zero attached hydrogens (tertiary/aromatic N) is 4. The summed E-state index contributed by atoms with van der Waals surface area (Å²) in [6.45, 7) is 1.82. The first-order chi connectivity index (χ1) is 19.9. The number of thiophene rings is 1. The Morgan fingerprint density at radius 2 is 1.98 bits per heavy atom. The number of rotatable bonds is 6. The van der Waals surface area contributed by atoms with Gasteiger partial charge in [-0.3, -0.25) is 4.79 Å². The van der Waals surface area contributed by atoms with Crippen LogP contribution < -0.4 is 10.5 Å². The summed E-state index contributed by atoms with van der Waals surface area (Å²) in [7, 11) is 3.73. The summed E-state index contributed by atoms with van der Waals surface area (Å²) in [5, 5.41) is 12.5. The van der Waals surface area contributed by atoms with Gasteiger partial charge in [-0.15, -0.1) is 11.3 Å². The van der Waals surface area contributed by atoms with E-state index < -0.39 is 0 Å². The lowest BCUT2D eigenvalue weighted by Crippen LogP contribution is -2.51. The van der Waals surface area contributed by atoms with Gasteiger partial charge in [0, 0.05) is 37.2 Å². The molecule has 9 rings (SSSR count). The number of benzene rings is 1. The number of carbonyl (C=O) groups excluding carboxylic acids is 1. The molecule has 5 aliphatic rings. The van der Waals surface area contributed by atoms with Crippen molar-refractivity contribution in [3.63, 3.8) is 0 Å². The van der Waals surface area contributed by atoms with Crippen molar-refractivity contribution in [3.05, 3.63) is 34.7 Å². The van der Waals surface area contributed by atoms with Crippen LogP contribution in [0.5, 0.6) is 5.75 Å². The third-order valence-electron chi connectivity index (χ3n) is 11.1. The van der Waals surface area contributed by atoms with Crippen LogP contribution in [-0.4, -0.2) is 61.4 Å². The number of piperidine rings is 2. The molecule has 0 radical (unpaired) electrons. The van der Waals surface area contributed by atoms with Gasteiger partial charge < -0.3 is 29.6 Å². The Balaban J connectivity index is 1.14. The monoisotopic (exact) mass is 571 g/mol. The summed E-state index contributed by atoms with van der Waals surface area (Å²) in [4.78, 5) is 20.9. The minimum Gasteiger partial charge on any atom is -0.494 e. The Kier molecular flexibility index (Phi) is 5.03. The van der Waals surface area contributed by atoms with Crippen LogP contribution >= 0.6 is 11.3 Å². The van der Waals surface area contributed by atoms with Crippen LogP contribution in [0.4, 0.5) is 0 Å². The van der Waals surface area contributed by atoms with E-state index in [9.17, 15) is 9.90 Å². The number of methoxy groups -OCH3 is 1. The molecule has 1 saturated heterocycles.